The Morgan fingerprint density at radius 1 is 0.969 bits per heavy atom. The molecule has 3 aromatic carbocycles. The van der Waals surface area contributed by atoms with Crippen LogP contribution in [0.25, 0.3) is 10.9 Å². The first-order valence-corrected chi connectivity index (χ1v) is 10.7. The Hall–Kier alpha value is -3.57. The summed E-state index contributed by atoms with van der Waals surface area (Å²) in [5, 5.41) is 4.02. The molecule has 0 unspecified atom stereocenters. The van der Waals surface area contributed by atoms with E-state index in [1.54, 1.807) is 29.9 Å². The van der Waals surface area contributed by atoms with E-state index in [2.05, 4.69) is 5.32 Å². The summed E-state index contributed by atoms with van der Waals surface area (Å²) >= 11 is 6.42. The summed E-state index contributed by atoms with van der Waals surface area (Å²) in [5.74, 6) is 0.330. The number of rotatable bonds is 7. The molecule has 0 saturated carbocycles. The van der Waals surface area contributed by atoms with Gasteiger partial charge < -0.3 is 14.6 Å². The molecule has 0 aliphatic carbocycles. The van der Waals surface area contributed by atoms with Gasteiger partial charge in [0.05, 0.1) is 19.2 Å². The van der Waals surface area contributed by atoms with Gasteiger partial charge in [-0.15, -0.1) is 0 Å². The van der Waals surface area contributed by atoms with Crippen molar-refractivity contribution in [2.24, 2.45) is 0 Å². The van der Waals surface area contributed by atoms with E-state index in [-0.39, 0.29) is 11.1 Å². The minimum absolute atomic E-state index is 0.0761. The number of halogens is 1. The van der Waals surface area contributed by atoms with E-state index in [9.17, 15) is 9.59 Å². The number of ether oxygens (including phenoxy) is 1. The van der Waals surface area contributed by atoms with E-state index in [0.717, 1.165) is 16.9 Å². The van der Waals surface area contributed by atoms with Crippen LogP contribution in [0, 0.1) is 0 Å². The number of carbonyl (C=O) groups is 1. The highest BCUT2D eigenvalue weighted by atomic mass is 35.5. The van der Waals surface area contributed by atoms with E-state index in [4.69, 9.17) is 16.3 Å². The van der Waals surface area contributed by atoms with E-state index < -0.39 is 5.91 Å². The predicted octanol–water partition coefficient (Wildman–Crippen LogP) is 4.68. The van der Waals surface area contributed by atoms with Crippen molar-refractivity contribution in [3.8, 4) is 5.75 Å². The molecular weight excluding hydrogens is 424 g/mol. The van der Waals surface area contributed by atoms with Crippen LogP contribution in [0.1, 0.15) is 21.5 Å². The molecule has 6 heteroatoms. The van der Waals surface area contributed by atoms with Crippen LogP contribution in [-0.4, -0.2) is 24.1 Å². The molecule has 4 rings (SSSR count). The third-order valence-corrected chi connectivity index (χ3v) is 5.70. The lowest BCUT2D eigenvalue weighted by Crippen LogP contribution is -2.34. The van der Waals surface area contributed by atoms with Crippen molar-refractivity contribution in [1.82, 2.24) is 9.88 Å². The zero-order valence-electron chi connectivity index (χ0n) is 17.7. The first kappa shape index (κ1) is 21.7. The summed E-state index contributed by atoms with van der Waals surface area (Å²) in [6.45, 7) is 0.742. The maximum Gasteiger partial charge on any atom is 0.264 e. The Morgan fingerprint density at radius 3 is 2.44 bits per heavy atom. The fourth-order valence-corrected chi connectivity index (χ4v) is 3.88. The van der Waals surface area contributed by atoms with Gasteiger partial charge in [0.15, 0.2) is 0 Å². The molecule has 0 aliphatic rings. The normalized spacial score (nSPS) is 10.8. The number of nitrogens with zero attached hydrogens (tertiary/aromatic N) is 1. The number of methoxy groups -OCH3 is 1. The van der Waals surface area contributed by atoms with E-state index in [1.165, 1.54) is 0 Å². The molecule has 4 aromatic rings. The first-order valence-electron chi connectivity index (χ1n) is 10.3. The number of hydrogen-bond donors (Lipinski definition) is 1. The third kappa shape index (κ3) is 4.68. The highest BCUT2D eigenvalue weighted by Gasteiger charge is 2.17. The van der Waals surface area contributed by atoms with Crippen LogP contribution >= 0.6 is 11.6 Å². The van der Waals surface area contributed by atoms with Crippen LogP contribution in [0.4, 0.5) is 0 Å². The fourth-order valence-electron chi connectivity index (χ4n) is 3.66. The molecule has 1 N–H and O–H groups in total. The smallest absolute Gasteiger partial charge is 0.264 e. The van der Waals surface area contributed by atoms with Gasteiger partial charge >= 0.3 is 0 Å². The van der Waals surface area contributed by atoms with Crippen molar-refractivity contribution in [3.05, 3.63) is 111 Å². The second-order valence-corrected chi connectivity index (χ2v) is 7.87. The van der Waals surface area contributed by atoms with Gasteiger partial charge in [0.25, 0.3) is 11.5 Å². The number of benzene rings is 3. The quantitative estimate of drug-likeness (QED) is 0.448. The Morgan fingerprint density at radius 2 is 1.72 bits per heavy atom. The minimum atomic E-state index is -0.406. The lowest BCUT2D eigenvalue weighted by molar-refractivity contribution is 0.0952. The Bertz CT molecular complexity index is 1300. The number of fused-ring (bicyclic) bond motifs is 1. The van der Waals surface area contributed by atoms with Gasteiger partial charge in [0, 0.05) is 17.0 Å². The standard InChI is InChI=1S/C26H23ClN2O3/c1-32-20-12-10-19(11-13-20)17-29-24-9-5-8-23(27)21(24)16-22(26(29)31)25(30)28-15-14-18-6-3-2-4-7-18/h2-13,16H,14-15,17H2,1H3,(H,28,30). The molecule has 0 bridgehead atoms. The van der Waals surface area contributed by atoms with Crippen LogP contribution in [0.2, 0.25) is 5.02 Å². The second kappa shape index (κ2) is 9.71. The number of pyridine rings is 1. The van der Waals surface area contributed by atoms with Crippen molar-refractivity contribution < 1.29 is 9.53 Å². The molecule has 0 saturated heterocycles. The zero-order valence-corrected chi connectivity index (χ0v) is 18.4. The van der Waals surface area contributed by atoms with E-state index >= 15 is 0 Å². The summed E-state index contributed by atoms with van der Waals surface area (Å²) in [4.78, 5) is 26.2. The van der Waals surface area contributed by atoms with Gasteiger partial charge in [-0.2, -0.15) is 0 Å². The number of amides is 1. The average Bonchev–Trinajstić information content (AvgIpc) is 2.82. The molecule has 1 amide bonds. The summed E-state index contributed by atoms with van der Waals surface area (Å²) in [6, 6.07) is 24.3. The van der Waals surface area contributed by atoms with Gasteiger partial charge in [-0.3, -0.25) is 9.59 Å². The maximum absolute atomic E-state index is 13.3. The van der Waals surface area contributed by atoms with Crippen molar-refractivity contribution in [3.63, 3.8) is 0 Å². The number of nitrogens with one attached hydrogen (secondary N) is 1. The molecule has 0 radical (unpaired) electrons. The highest BCUT2D eigenvalue weighted by molar-refractivity contribution is 6.35. The van der Waals surface area contributed by atoms with E-state index in [1.807, 2.05) is 60.7 Å². The van der Waals surface area contributed by atoms with Gasteiger partial charge in [-0.25, -0.2) is 0 Å². The SMILES string of the molecule is COc1ccc(Cn2c(=O)c(C(=O)NCCc3ccccc3)cc3c(Cl)cccc32)cc1. The molecule has 162 valence electrons. The first-order chi connectivity index (χ1) is 15.6. The highest BCUT2D eigenvalue weighted by Crippen LogP contribution is 2.24. The monoisotopic (exact) mass is 446 g/mol. The van der Waals surface area contributed by atoms with Gasteiger partial charge in [-0.1, -0.05) is 60.1 Å². The molecular formula is C26H23ClN2O3. The lowest BCUT2D eigenvalue weighted by Gasteiger charge is -2.14. The zero-order chi connectivity index (χ0) is 22.5. The van der Waals surface area contributed by atoms with Crippen molar-refractivity contribution in [2.45, 2.75) is 13.0 Å². The molecule has 5 nitrogen and oxygen atoms in total. The van der Waals surface area contributed by atoms with Crippen LogP contribution in [-0.2, 0) is 13.0 Å². The van der Waals surface area contributed by atoms with Gasteiger partial charge in [-0.05, 0) is 47.9 Å². The number of hydrogen-bond acceptors (Lipinski definition) is 3. The molecule has 1 aromatic heterocycles. The van der Waals surface area contributed by atoms with Crippen LogP contribution in [0.15, 0.2) is 83.7 Å². The van der Waals surface area contributed by atoms with Crippen molar-refractivity contribution in [2.75, 3.05) is 13.7 Å². The molecule has 0 aliphatic heterocycles. The van der Waals surface area contributed by atoms with Gasteiger partial charge in [0.2, 0.25) is 0 Å². The second-order valence-electron chi connectivity index (χ2n) is 7.46. The van der Waals surface area contributed by atoms with Crippen LogP contribution in [0.5, 0.6) is 5.75 Å². The van der Waals surface area contributed by atoms with Gasteiger partial charge in [0.1, 0.15) is 11.3 Å². The Labute approximate surface area is 191 Å². The summed E-state index contributed by atoms with van der Waals surface area (Å²) in [7, 11) is 1.61. The Kier molecular flexibility index (Phi) is 6.57. The summed E-state index contributed by atoms with van der Waals surface area (Å²) < 4.78 is 6.80. The predicted molar refractivity (Wildman–Crippen MR) is 128 cm³/mol. The molecule has 32 heavy (non-hydrogen) atoms. The fraction of sp³-hybridized carbons (Fsp3) is 0.154. The molecule has 1 heterocycles. The van der Waals surface area contributed by atoms with Crippen molar-refractivity contribution >= 4 is 28.4 Å². The van der Waals surface area contributed by atoms with Crippen LogP contribution < -0.4 is 15.6 Å². The topological polar surface area (TPSA) is 60.3 Å². The largest absolute Gasteiger partial charge is 0.497 e. The lowest BCUT2D eigenvalue weighted by atomic mass is 10.1. The molecule has 0 fully saturated rings. The molecule has 0 spiro atoms. The Balaban J connectivity index is 1.66. The summed E-state index contributed by atoms with van der Waals surface area (Å²) in [5.41, 5.74) is 2.43. The van der Waals surface area contributed by atoms with E-state index in [0.29, 0.717) is 35.4 Å². The third-order valence-electron chi connectivity index (χ3n) is 5.37. The number of aromatic nitrogens is 1. The number of carbonyl (C=O) groups excluding carboxylic acids is 1. The summed E-state index contributed by atoms with van der Waals surface area (Å²) in [6.07, 6.45) is 0.682. The maximum atomic E-state index is 13.3. The van der Waals surface area contributed by atoms with Crippen molar-refractivity contribution in [1.29, 1.82) is 0 Å². The minimum Gasteiger partial charge on any atom is -0.497 e. The van der Waals surface area contributed by atoms with Crippen LogP contribution in [0.3, 0.4) is 0 Å². The average molecular weight is 447 g/mol. The molecule has 0 atom stereocenters.